The van der Waals surface area contributed by atoms with Crippen molar-refractivity contribution in [3.05, 3.63) is 33.5 Å². The Labute approximate surface area is 101 Å². The fraction of sp³-hybridized carbons (Fsp3) is 0.182. The molecule has 1 heterocycles. The van der Waals surface area contributed by atoms with Crippen LogP contribution in [0.25, 0.3) is 10.8 Å². The van der Waals surface area contributed by atoms with Crippen LogP contribution in [0.1, 0.15) is 5.69 Å². The summed E-state index contributed by atoms with van der Waals surface area (Å²) in [6.45, 7) is 1.92. The van der Waals surface area contributed by atoms with Gasteiger partial charge in [-0.15, -0.1) is 0 Å². The Morgan fingerprint density at radius 2 is 2.07 bits per heavy atom. The van der Waals surface area contributed by atoms with E-state index in [2.05, 4.69) is 20.9 Å². The topological polar surface area (TPSA) is 22.1 Å². The Morgan fingerprint density at radius 1 is 1.33 bits per heavy atom. The van der Waals surface area contributed by atoms with Crippen LogP contribution in [-0.2, 0) is 0 Å². The average Bonchev–Trinajstić information content (AvgIpc) is 2.25. The number of pyridine rings is 1. The second kappa shape index (κ2) is 3.99. The highest BCUT2D eigenvalue weighted by molar-refractivity contribution is 9.10. The molecular formula is C11H9BrClNO. The molecule has 0 aliphatic heterocycles. The standard InChI is InChI=1S/C11H9BrClNO/c1-6-10(12)8-4-3-7(15-2)5-9(8)11(13)14-6/h3-5H,1-2H3. The lowest BCUT2D eigenvalue weighted by atomic mass is 10.1. The first kappa shape index (κ1) is 10.7. The van der Waals surface area contributed by atoms with Gasteiger partial charge >= 0.3 is 0 Å². The summed E-state index contributed by atoms with van der Waals surface area (Å²) in [6.07, 6.45) is 0. The minimum Gasteiger partial charge on any atom is -0.497 e. The average molecular weight is 287 g/mol. The van der Waals surface area contributed by atoms with Gasteiger partial charge in [0.15, 0.2) is 0 Å². The number of rotatable bonds is 1. The number of hydrogen-bond acceptors (Lipinski definition) is 2. The van der Waals surface area contributed by atoms with Crippen molar-refractivity contribution in [2.75, 3.05) is 7.11 Å². The van der Waals surface area contributed by atoms with Crippen molar-refractivity contribution >= 4 is 38.3 Å². The minimum absolute atomic E-state index is 0.504. The van der Waals surface area contributed by atoms with Gasteiger partial charge in [0.1, 0.15) is 10.9 Å². The molecule has 2 aromatic rings. The van der Waals surface area contributed by atoms with E-state index in [1.807, 2.05) is 25.1 Å². The van der Waals surface area contributed by atoms with E-state index in [1.165, 1.54) is 0 Å². The maximum Gasteiger partial charge on any atom is 0.137 e. The second-order valence-electron chi connectivity index (χ2n) is 3.21. The fourth-order valence-electron chi connectivity index (χ4n) is 1.46. The summed E-state index contributed by atoms with van der Waals surface area (Å²) in [5, 5.41) is 2.45. The van der Waals surface area contributed by atoms with Crippen LogP contribution < -0.4 is 4.74 Å². The van der Waals surface area contributed by atoms with E-state index in [0.29, 0.717) is 5.15 Å². The van der Waals surface area contributed by atoms with Crippen molar-refractivity contribution in [3.63, 3.8) is 0 Å². The molecule has 78 valence electrons. The molecule has 0 aliphatic rings. The Hall–Kier alpha value is -0.800. The Bertz CT molecular complexity index is 527. The van der Waals surface area contributed by atoms with Crippen LogP contribution >= 0.6 is 27.5 Å². The zero-order valence-electron chi connectivity index (χ0n) is 8.34. The first-order valence-corrected chi connectivity index (χ1v) is 5.60. The highest BCUT2D eigenvalue weighted by atomic mass is 79.9. The monoisotopic (exact) mass is 285 g/mol. The molecule has 2 nitrogen and oxygen atoms in total. The minimum atomic E-state index is 0.504. The van der Waals surface area contributed by atoms with Gasteiger partial charge in [-0.1, -0.05) is 11.6 Å². The van der Waals surface area contributed by atoms with Gasteiger partial charge in [-0.05, 0) is 41.1 Å². The van der Waals surface area contributed by atoms with Gasteiger partial charge < -0.3 is 4.74 Å². The molecule has 0 spiro atoms. The summed E-state index contributed by atoms with van der Waals surface area (Å²) in [7, 11) is 1.63. The summed E-state index contributed by atoms with van der Waals surface area (Å²) >= 11 is 9.58. The predicted octanol–water partition coefficient (Wildman–Crippen LogP) is 3.97. The van der Waals surface area contributed by atoms with Crippen LogP contribution in [0.4, 0.5) is 0 Å². The highest BCUT2D eigenvalue weighted by Gasteiger charge is 2.08. The van der Waals surface area contributed by atoms with Crippen LogP contribution in [0, 0.1) is 6.92 Å². The number of halogens is 2. The molecule has 0 atom stereocenters. The van der Waals surface area contributed by atoms with Crippen molar-refractivity contribution in [1.29, 1.82) is 0 Å². The third kappa shape index (κ3) is 1.82. The molecule has 0 saturated carbocycles. The normalized spacial score (nSPS) is 10.7. The Balaban J connectivity index is 2.84. The maximum atomic E-state index is 6.08. The SMILES string of the molecule is COc1ccc2c(Br)c(C)nc(Cl)c2c1. The molecule has 0 saturated heterocycles. The van der Waals surface area contributed by atoms with Crippen molar-refractivity contribution < 1.29 is 4.74 Å². The lowest BCUT2D eigenvalue weighted by Crippen LogP contribution is -1.89. The Kier molecular flexibility index (Phi) is 2.85. The van der Waals surface area contributed by atoms with Crippen molar-refractivity contribution in [2.24, 2.45) is 0 Å². The van der Waals surface area contributed by atoms with E-state index in [9.17, 15) is 0 Å². The van der Waals surface area contributed by atoms with E-state index in [4.69, 9.17) is 16.3 Å². The largest absolute Gasteiger partial charge is 0.497 e. The molecule has 0 aliphatic carbocycles. The number of hydrogen-bond donors (Lipinski definition) is 0. The number of methoxy groups -OCH3 is 1. The molecule has 4 heteroatoms. The third-order valence-electron chi connectivity index (χ3n) is 2.27. The van der Waals surface area contributed by atoms with Crippen LogP contribution in [0.5, 0.6) is 5.75 Å². The molecule has 1 aromatic carbocycles. The van der Waals surface area contributed by atoms with Gasteiger partial charge in [0, 0.05) is 15.2 Å². The summed E-state index contributed by atoms with van der Waals surface area (Å²) in [5.41, 5.74) is 0.887. The van der Waals surface area contributed by atoms with Gasteiger partial charge in [-0.25, -0.2) is 4.98 Å². The number of fused-ring (bicyclic) bond motifs is 1. The predicted molar refractivity (Wildman–Crippen MR) is 65.7 cm³/mol. The zero-order valence-corrected chi connectivity index (χ0v) is 10.7. The smallest absolute Gasteiger partial charge is 0.137 e. The van der Waals surface area contributed by atoms with Gasteiger partial charge in [0.05, 0.1) is 12.8 Å². The quantitative estimate of drug-likeness (QED) is 0.740. The number of aromatic nitrogens is 1. The first-order chi connectivity index (χ1) is 7.13. The molecule has 2 rings (SSSR count). The van der Waals surface area contributed by atoms with E-state index >= 15 is 0 Å². The third-order valence-corrected chi connectivity index (χ3v) is 3.56. The summed E-state index contributed by atoms with van der Waals surface area (Å²) < 4.78 is 6.12. The maximum absolute atomic E-state index is 6.08. The lowest BCUT2D eigenvalue weighted by molar-refractivity contribution is 0.415. The van der Waals surface area contributed by atoms with E-state index in [-0.39, 0.29) is 0 Å². The molecule has 0 unspecified atom stereocenters. The number of nitrogens with zero attached hydrogens (tertiary/aromatic N) is 1. The van der Waals surface area contributed by atoms with Crippen molar-refractivity contribution in [3.8, 4) is 5.75 Å². The molecular weight excluding hydrogens is 277 g/mol. The molecule has 0 bridgehead atoms. The van der Waals surface area contributed by atoms with Crippen LogP contribution in [0.15, 0.2) is 22.7 Å². The first-order valence-electron chi connectivity index (χ1n) is 4.43. The molecule has 0 fully saturated rings. The number of aryl methyl sites for hydroxylation is 1. The molecule has 1 aromatic heterocycles. The lowest BCUT2D eigenvalue weighted by Gasteiger charge is -2.07. The van der Waals surface area contributed by atoms with E-state index in [0.717, 1.165) is 26.7 Å². The summed E-state index contributed by atoms with van der Waals surface area (Å²) in [6, 6.07) is 5.76. The van der Waals surface area contributed by atoms with Crippen molar-refractivity contribution in [1.82, 2.24) is 4.98 Å². The highest BCUT2D eigenvalue weighted by Crippen LogP contribution is 2.32. The fourth-order valence-corrected chi connectivity index (χ4v) is 2.18. The van der Waals surface area contributed by atoms with E-state index < -0.39 is 0 Å². The molecule has 0 radical (unpaired) electrons. The second-order valence-corrected chi connectivity index (χ2v) is 4.36. The molecule has 15 heavy (non-hydrogen) atoms. The van der Waals surface area contributed by atoms with Crippen LogP contribution in [-0.4, -0.2) is 12.1 Å². The van der Waals surface area contributed by atoms with Crippen LogP contribution in [0.3, 0.4) is 0 Å². The number of ether oxygens (including phenoxy) is 1. The Morgan fingerprint density at radius 3 is 2.73 bits per heavy atom. The van der Waals surface area contributed by atoms with Gasteiger partial charge in [0.2, 0.25) is 0 Å². The van der Waals surface area contributed by atoms with Gasteiger partial charge in [-0.2, -0.15) is 0 Å². The summed E-state index contributed by atoms with van der Waals surface area (Å²) in [4.78, 5) is 4.24. The van der Waals surface area contributed by atoms with Gasteiger partial charge in [-0.3, -0.25) is 0 Å². The summed E-state index contributed by atoms with van der Waals surface area (Å²) in [5.74, 6) is 0.780. The van der Waals surface area contributed by atoms with Gasteiger partial charge in [0.25, 0.3) is 0 Å². The number of benzene rings is 1. The van der Waals surface area contributed by atoms with E-state index in [1.54, 1.807) is 7.11 Å². The molecule has 0 amide bonds. The van der Waals surface area contributed by atoms with Crippen molar-refractivity contribution in [2.45, 2.75) is 6.92 Å². The molecule has 0 N–H and O–H groups in total. The zero-order chi connectivity index (χ0) is 11.0. The van der Waals surface area contributed by atoms with Crippen LogP contribution in [0.2, 0.25) is 5.15 Å².